The Balaban J connectivity index is 1.36. The molecule has 0 spiro atoms. The second-order valence-electron chi connectivity index (χ2n) is 8.56. The van der Waals surface area contributed by atoms with E-state index in [0.29, 0.717) is 10.9 Å². The number of nitrogens with zero attached hydrogens (tertiary/aromatic N) is 1. The molecule has 6 rings (SSSR count). The molecular weight excluding hydrogens is 468 g/mol. The standard InChI is InChI=1S/C30H22N2O3S/c1-18(13-29(33)32-30-31-25-9-5-6-10-28(25)36-30)22-15-23-24(17-35-27(23)16-26(22)34-2)21-12-11-19-7-3-4-8-20(19)14-21/h3-17H,1-2H3,(H,31,32,33)/b18-13+. The lowest BCUT2D eigenvalue weighted by Gasteiger charge is -2.10. The summed E-state index contributed by atoms with van der Waals surface area (Å²) in [7, 11) is 1.62. The molecule has 2 aromatic heterocycles. The highest BCUT2D eigenvalue weighted by Crippen LogP contribution is 2.38. The van der Waals surface area contributed by atoms with E-state index in [1.54, 1.807) is 19.4 Å². The van der Waals surface area contributed by atoms with Crippen LogP contribution in [0.15, 0.2) is 95.6 Å². The van der Waals surface area contributed by atoms with Gasteiger partial charge in [-0.2, -0.15) is 0 Å². The summed E-state index contributed by atoms with van der Waals surface area (Å²) in [5.74, 6) is 0.402. The van der Waals surface area contributed by atoms with Crippen molar-refractivity contribution >= 4 is 59.9 Å². The number of rotatable bonds is 5. The van der Waals surface area contributed by atoms with Gasteiger partial charge in [-0.25, -0.2) is 4.98 Å². The van der Waals surface area contributed by atoms with E-state index in [0.717, 1.165) is 43.4 Å². The number of carbonyl (C=O) groups excluding carboxylic acids is 1. The fraction of sp³-hybridized carbons (Fsp3) is 0.0667. The minimum absolute atomic E-state index is 0.240. The molecule has 0 unspecified atom stereocenters. The summed E-state index contributed by atoms with van der Waals surface area (Å²) in [4.78, 5) is 17.3. The number of aromatic nitrogens is 1. The van der Waals surface area contributed by atoms with Gasteiger partial charge in [0.05, 0.1) is 23.6 Å². The van der Waals surface area contributed by atoms with Crippen LogP contribution in [0.3, 0.4) is 0 Å². The average molecular weight is 491 g/mol. The first-order valence-corrected chi connectivity index (χ1v) is 12.3. The molecule has 0 saturated heterocycles. The summed E-state index contributed by atoms with van der Waals surface area (Å²) in [6.07, 6.45) is 3.35. The maximum absolute atomic E-state index is 12.8. The number of benzene rings is 4. The van der Waals surface area contributed by atoms with Gasteiger partial charge >= 0.3 is 0 Å². The fourth-order valence-corrected chi connectivity index (χ4v) is 5.32. The van der Waals surface area contributed by atoms with Crippen molar-refractivity contribution in [2.24, 2.45) is 0 Å². The Morgan fingerprint density at radius 1 is 1.00 bits per heavy atom. The van der Waals surface area contributed by atoms with Crippen LogP contribution in [-0.4, -0.2) is 18.0 Å². The largest absolute Gasteiger partial charge is 0.496 e. The van der Waals surface area contributed by atoms with Crippen molar-refractivity contribution in [3.8, 4) is 16.9 Å². The van der Waals surface area contributed by atoms with Crippen LogP contribution < -0.4 is 10.1 Å². The monoisotopic (exact) mass is 490 g/mol. The van der Waals surface area contributed by atoms with Gasteiger partial charge in [-0.05, 0) is 53.1 Å². The van der Waals surface area contributed by atoms with Crippen LogP contribution in [0.5, 0.6) is 5.75 Å². The molecule has 2 heterocycles. The van der Waals surface area contributed by atoms with Gasteiger partial charge in [0.1, 0.15) is 11.3 Å². The molecular formula is C30H22N2O3S. The minimum atomic E-state index is -0.240. The van der Waals surface area contributed by atoms with Gasteiger partial charge in [-0.3, -0.25) is 10.1 Å². The van der Waals surface area contributed by atoms with Crippen molar-refractivity contribution in [2.45, 2.75) is 6.92 Å². The normalized spacial score (nSPS) is 11.9. The zero-order valence-electron chi connectivity index (χ0n) is 19.7. The topological polar surface area (TPSA) is 64.4 Å². The molecule has 0 bridgehead atoms. The number of ether oxygens (including phenoxy) is 1. The smallest absolute Gasteiger partial charge is 0.250 e. The Bertz CT molecular complexity index is 1760. The number of carbonyl (C=O) groups is 1. The molecule has 36 heavy (non-hydrogen) atoms. The van der Waals surface area contributed by atoms with Gasteiger partial charge < -0.3 is 9.15 Å². The summed E-state index contributed by atoms with van der Waals surface area (Å²) in [5.41, 5.74) is 5.26. The van der Waals surface area contributed by atoms with Crippen molar-refractivity contribution in [1.82, 2.24) is 4.98 Å². The Hall–Kier alpha value is -4.42. The van der Waals surface area contributed by atoms with Gasteiger partial charge in [0, 0.05) is 28.7 Å². The van der Waals surface area contributed by atoms with Gasteiger partial charge in [0.15, 0.2) is 5.13 Å². The number of hydrogen-bond donors (Lipinski definition) is 1. The first kappa shape index (κ1) is 22.1. The number of allylic oxidation sites excluding steroid dienone is 1. The second-order valence-corrected chi connectivity index (χ2v) is 9.59. The van der Waals surface area contributed by atoms with E-state index >= 15 is 0 Å². The van der Waals surface area contributed by atoms with E-state index in [2.05, 4.69) is 40.6 Å². The van der Waals surface area contributed by atoms with Crippen molar-refractivity contribution in [2.75, 3.05) is 12.4 Å². The number of nitrogens with one attached hydrogen (secondary N) is 1. The highest BCUT2D eigenvalue weighted by atomic mass is 32.1. The van der Waals surface area contributed by atoms with Gasteiger partial charge in [0.2, 0.25) is 5.91 Å². The van der Waals surface area contributed by atoms with E-state index in [9.17, 15) is 4.79 Å². The Morgan fingerprint density at radius 3 is 2.64 bits per heavy atom. The molecule has 0 aliphatic carbocycles. The van der Waals surface area contributed by atoms with Crippen LogP contribution in [0.25, 0.3) is 48.7 Å². The van der Waals surface area contributed by atoms with Crippen molar-refractivity contribution in [1.29, 1.82) is 0 Å². The van der Waals surface area contributed by atoms with Crippen LogP contribution in [0.1, 0.15) is 12.5 Å². The number of hydrogen-bond acceptors (Lipinski definition) is 5. The predicted molar refractivity (Wildman–Crippen MR) is 148 cm³/mol. The molecule has 0 fully saturated rings. The average Bonchev–Trinajstić information content (AvgIpc) is 3.50. The summed E-state index contributed by atoms with van der Waals surface area (Å²) >= 11 is 1.45. The van der Waals surface area contributed by atoms with E-state index in [1.165, 1.54) is 22.1 Å². The summed E-state index contributed by atoms with van der Waals surface area (Å²) in [6, 6.07) is 26.4. The van der Waals surface area contributed by atoms with Crippen LogP contribution in [-0.2, 0) is 4.79 Å². The van der Waals surface area contributed by atoms with Crippen LogP contribution in [0, 0.1) is 0 Å². The van der Waals surface area contributed by atoms with E-state index in [-0.39, 0.29) is 5.91 Å². The lowest BCUT2D eigenvalue weighted by molar-refractivity contribution is -0.111. The number of anilines is 1. The lowest BCUT2D eigenvalue weighted by Crippen LogP contribution is -2.08. The number of amides is 1. The highest BCUT2D eigenvalue weighted by Gasteiger charge is 2.16. The molecule has 176 valence electrons. The van der Waals surface area contributed by atoms with Gasteiger partial charge in [-0.15, -0.1) is 0 Å². The lowest BCUT2D eigenvalue weighted by atomic mass is 9.97. The number of para-hydroxylation sites is 1. The molecule has 6 aromatic rings. The summed E-state index contributed by atoms with van der Waals surface area (Å²) in [6.45, 7) is 1.90. The van der Waals surface area contributed by atoms with E-state index < -0.39 is 0 Å². The van der Waals surface area contributed by atoms with Crippen molar-refractivity contribution < 1.29 is 13.9 Å². The summed E-state index contributed by atoms with van der Waals surface area (Å²) in [5, 5.41) is 6.77. The maximum Gasteiger partial charge on any atom is 0.250 e. The zero-order chi connectivity index (χ0) is 24.6. The highest BCUT2D eigenvalue weighted by molar-refractivity contribution is 7.22. The number of furan rings is 1. The van der Waals surface area contributed by atoms with Crippen LogP contribution >= 0.6 is 11.3 Å². The fourth-order valence-electron chi connectivity index (χ4n) is 4.45. The Labute approximate surface area is 211 Å². The third-order valence-electron chi connectivity index (χ3n) is 6.25. The molecule has 5 nitrogen and oxygen atoms in total. The Kier molecular flexibility index (Phi) is 5.51. The minimum Gasteiger partial charge on any atom is -0.496 e. The molecule has 0 radical (unpaired) electrons. The Morgan fingerprint density at radius 2 is 1.81 bits per heavy atom. The molecule has 0 atom stereocenters. The molecule has 0 saturated carbocycles. The van der Waals surface area contributed by atoms with E-state index in [4.69, 9.17) is 9.15 Å². The third-order valence-corrected chi connectivity index (χ3v) is 7.20. The zero-order valence-corrected chi connectivity index (χ0v) is 20.6. The van der Waals surface area contributed by atoms with Crippen LogP contribution in [0.2, 0.25) is 0 Å². The number of methoxy groups -OCH3 is 1. The molecule has 0 aliphatic heterocycles. The quantitative estimate of drug-likeness (QED) is 0.249. The maximum atomic E-state index is 12.8. The predicted octanol–water partition coefficient (Wildman–Crippen LogP) is 7.91. The first-order valence-electron chi connectivity index (χ1n) is 11.5. The summed E-state index contributed by atoms with van der Waals surface area (Å²) < 4.78 is 12.6. The molecule has 4 aromatic carbocycles. The third kappa shape index (κ3) is 4.01. The van der Waals surface area contributed by atoms with Crippen LogP contribution in [0.4, 0.5) is 5.13 Å². The second kappa shape index (κ2) is 8.98. The van der Waals surface area contributed by atoms with Crippen molar-refractivity contribution in [3.05, 3.63) is 96.8 Å². The molecule has 6 heteroatoms. The first-order chi connectivity index (χ1) is 17.6. The molecule has 1 N–H and O–H groups in total. The SMILES string of the molecule is COc1cc2occ(-c3ccc4ccccc4c3)c2cc1/C(C)=C/C(=O)Nc1nc2ccccc2s1. The molecule has 1 amide bonds. The van der Waals surface area contributed by atoms with Crippen molar-refractivity contribution in [3.63, 3.8) is 0 Å². The van der Waals surface area contributed by atoms with Gasteiger partial charge in [0.25, 0.3) is 0 Å². The number of fused-ring (bicyclic) bond motifs is 3. The van der Waals surface area contributed by atoms with Gasteiger partial charge in [-0.1, -0.05) is 59.9 Å². The molecule has 0 aliphatic rings. The number of thiazole rings is 1. The van der Waals surface area contributed by atoms with E-state index in [1.807, 2.05) is 55.5 Å².